The van der Waals surface area contributed by atoms with Gasteiger partial charge >= 0.3 is 0 Å². The zero-order valence-electron chi connectivity index (χ0n) is 29.3. The van der Waals surface area contributed by atoms with E-state index in [1.165, 1.54) is 83.3 Å². The molecule has 0 aromatic heterocycles. The summed E-state index contributed by atoms with van der Waals surface area (Å²) in [4.78, 5) is 2.42. The standard InChI is InChI=1S/C50H39N/c1-34-16-27-42(28-17-34)51(49-15-9-13-40-12-7-8-14-44(40)49)43-29-31-46-45-30-26-41(32-47(45)50(2,3)48(46)33-43)39-24-22-38(23-25-39)37-20-18-36(19-21-37)35-10-5-4-6-11-35/h4-33H,1-3H3. The monoisotopic (exact) mass is 653 g/mol. The van der Waals surface area contributed by atoms with Crippen LogP contribution in [0.4, 0.5) is 17.1 Å². The van der Waals surface area contributed by atoms with E-state index in [1.807, 2.05) is 0 Å². The first-order chi connectivity index (χ1) is 24.9. The molecule has 51 heavy (non-hydrogen) atoms. The largest absolute Gasteiger partial charge is 0.310 e. The zero-order valence-corrected chi connectivity index (χ0v) is 29.3. The van der Waals surface area contributed by atoms with Gasteiger partial charge in [-0.1, -0.05) is 165 Å². The Kier molecular flexibility index (Phi) is 7.44. The highest BCUT2D eigenvalue weighted by atomic mass is 15.1. The number of rotatable bonds is 6. The molecule has 0 unspecified atom stereocenters. The zero-order chi connectivity index (χ0) is 34.5. The number of anilines is 3. The van der Waals surface area contributed by atoms with Crippen molar-refractivity contribution in [2.45, 2.75) is 26.2 Å². The number of hydrogen-bond donors (Lipinski definition) is 0. The molecule has 0 N–H and O–H groups in total. The molecule has 244 valence electrons. The van der Waals surface area contributed by atoms with Crippen LogP contribution in [0.1, 0.15) is 30.5 Å². The first-order valence-corrected chi connectivity index (χ1v) is 17.8. The van der Waals surface area contributed by atoms with Gasteiger partial charge in [-0.2, -0.15) is 0 Å². The molecule has 0 heterocycles. The van der Waals surface area contributed by atoms with Gasteiger partial charge in [0, 0.05) is 22.2 Å². The van der Waals surface area contributed by atoms with Crippen molar-refractivity contribution in [2.75, 3.05) is 4.90 Å². The minimum absolute atomic E-state index is 0.158. The van der Waals surface area contributed by atoms with Crippen LogP contribution in [0.2, 0.25) is 0 Å². The fourth-order valence-electron chi connectivity index (χ4n) is 7.91. The second kappa shape index (κ2) is 12.3. The van der Waals surface area contributed by atoms with E-state index in [0.717, 1.165) is 5.69 Å². The summed E-state index contributed by atoms with van der Waals surface area (Å²) in [5, 5.41) is 2.48. The van der Waals surface area contributed by atoms with Crippen LogP contribution in [0.15, 0.2) is 182 Å². The Morgan fingerprint density at radius 1 is 0.392 bits per heavy atom. The lowest BCUT2D eigenvalue weighted by Crippen LogP contribution is -2.16. The predicted octanol–water partition coefficient (Wildman–Crippen LogP) is 13.9. The van der Waals surface area contributed by atoms with E-state index in [4.69, 9.17) is 0 Å². The van der Waals surface area contributed by atoms with Gasteiger partial charge in [0.1, 0.15) is 0 Å². The Bertz CT molecular complexity index is 2520. The van der Waals surface area contributed by atoms with Gasteiger partial charge in [-0.3, -0.25) is 0 Å². The SMILES string of the molecule is Cc1ccc(N(c2ccc3c(c2)C(C)(C)c2cc(-c4ccc(-c5ccc(-c6ccccc6)cc5)cc4)ccc2-3)c2cccc3ccccc23)cc1. The van der Waals surface area contributed by atoms with Crippen molar-refractivity contribution < 1.29 is 0 Å². The molecule has 9 rings (SSSR count). The first-order valence-electron chi connectivity index (χ1n) is 17.8. The van der Waals surface area contributed by atoms with Gasteiger partial charge in [-0.15, -0.1) is 0 Å². The van der Waals surface area contributed by atoms with Crippen molar-refractivity contribution in [3.63, 3.8) is 0 Å². The molecule has 0 saturated heterocycles. The maximum absolute atomic E-state index is 2.43. The Hall–Kier alpha value is -6.18. The van der Waals surface area contributed by atoms with E-state index in [1.54, 1.807) is 0 Å². The molecule has 1 heteroatoms. The minimum Gasteiger partial charge on any atom is -0.310 e. The second-order valence-electron chi connectivity index (χ2n) is 14.3. The summed E-state index contributed by atoms with van der Waals surface area (Å²) in [7, 11) is 0. The summed E-state index contributed by atoms with van der Waals surface area (Å²) in [6, 6.07) is 66.7. The average molecular weight is 654 g/mol. The molecule has 0 atom stereocenters. The quantitative estimate of drug-likeness (QED) is 0.173. The summed E-state index contributed by atoms with van der Waals surface area (Å²) in [6.45, 7) is 6.90. The second-order valence-corrected chi connectivity index (χ2v) is 14.3. The Labute approximate surface area is 301 Å². The van der Waals surface area contributed by atoms with Crippen LogP contribution < -0.4 is 4.90 Å². The van der Waals surface area contributed by atoms with E-state index in [9.17, 15) is 0 Å². The Morgan fingerprint density at radius 3 is 1.55 bits per heavy atom. The molecule has 0 saturated carbocycles. The number of hydrogen-bond acceptors (Lipinski definition) is 1. The fourth-order valence-corrected chi connectivity index (χ4v) is 7.91. The van der Waals surface area contributed by atoms with Crippen LogP contribution in [0.25, 0.3) is 55.3 Å². The molecule has 1 nitrogen and oxygen atoms in total. The summed E-state index contributed by atoms with van der Waals surface area (Å²) in [6.07, 6.45) is 0. The summed E-state index contributed by atoms with van der Waals surface area (Å²) in [5.74, 6) is 0. The summed E-state index contributed by atoms with van der Waals surface area (Å²) in [5.41, 5.74) is 17.4. The van der Waals surface area contributed by atoms with Gasteiger partial charge in [0.05, 0.1) is 5.69 Å². The van der Waals surface area contributed by atoms with E-state index in [-0.39, 0.29) is 5.41 Å². The molecule has 8 aromatic rings. The lowest BCUT2D eigenvalue weighted by molar-refractivity contribution is 0.660. The Morgan fingerprint density at radius 2 is 0.882 bits per heavy atom. The fraction of sp³-hybridized carbons (Fsp3) is 0.0800. The first kappa shape index (κ1) is 30.8. The maximum atomic E-state index is 2.43. The van der Waals surface area contributed by atoms with Crippen molar-refractivity contribution >= 4 is 27.8 Å². The molecule has 0 bridgehead atoms. The van der Waals surface area contributed by atoms with Crippen LogP contribution in [-0.4, -0.2) is 0 Å². The average Bonchev–Trinajstić information content (AvgIpc) is 3.41. The predicted molar refractivity (Wildman–Crippen MR) is 217 cm³/mol. The topological polar surface area (TPSA) is 3.24 Å². The highest BCUT2D eigenvalue weighted by Gasteiger charge is 2.36. The minimum atomic E-state index is -0.158. The molecule has 0 amide bonds. The van der Waals surface area contributed by atoms with Crippen LogP contribution >= 0.6 is 0 Å². The smallest absolute Gasteiger partial charge is 0.0540 e. The van der Waals surface area contributed by atoms with Crippen LogP contribution in [-0.2, 0) is 5.41 Å². The molecule has 8 aromatic carbocycles. The van der Waals surface area contributed by atoms with E-state index >= 15 is 0 Å². The van der Waals surface area contributed by atoms with Crippen molar-refractivity contribution in [1.82, 2.24) is 0 Å². The number of benzene rings is 8. The molecular weight excluding hydrogens is 615 g/mol. The molecule has 0 radical (unpaired) electrons. The normalized spacial score (nSPS) is 12.8. The highest BCUT2D eigenvalue weighted by Crippen LogP contribution is 2.52. The Balaban J connectivity index is 1.05. The van der Waals surface area contributed by atoms with E-state index in [2.05, 4.69) is 208 Å². The third kappa shape index (κ3) is 5.43. The van der Waals surface area contributed by atoms with Crippen molar-refractivity contribution in [1.29, 1.82) is 0 Å². The third-order valence-corrected chi connectivity index (χ3v) is 10.8. The summed E-state index contributed by atoms with van der Waals surface area (Å²) >= 11 is 0. The number of fused-ring (bicyclic) bond motifs is 4. The molecule has 1 aliphatic carbocycles. The van der Waals surface area contributed by atoms with Crippen molar-refractivity contribution in [3.05, 3.63) is 199 Å². The highest BCUT2D eigenvalue weighted by molar-refractivity contribution is 5.99. The van der Waals surface area contributed by atoms with E-state index < -0.39 is 0 Å². The lowest BCUT2D eigenvalue weighted by atomic mass is 9.81. The van der Waals surface area contributed by atoms with Gasteiger partial charge in [0.25, 0.3) is 0 Å². The number of nitrogens with zero attached hydrogens (tertiary/aromatic N) is 1. The molecular formula is C50H39N. The van der Waals surface area contributed by atoms with Crippen molar-refractivity contribution in [3.8, 4) is 44.5 Å². The molecule has 0 spiro atoms. The maximum Gasteiger partial charge on any atom is 0.0540 e. The van der Waals surface area contributed by atoms with Crippen LogP contribution in [0.5, 0.6) is 0 Å². The van der Waals surface area contributed by atoms with Gasteiger partial charge in [0.15, 0.2) is 0 Å². The van der Waals surface area contributed by atoms with Crippen LogP contribution in [0, 0.1) is 6.92 Å². The van der Waals surface area contributed by atoms with Gasteiger partial charge in [-0.25, -0.2) is 0 Å². The van der Waals surface area contributed by atoms with E-state index in [0.29, 0.717) is 0 Å². The third-order valence-electron chi connectivity index (χ3n) is 10.8. The van der Waals surface area contributed by atoms with Gasteiger partial charge < -0.3 is 4.90 Å². The number of aryl methyl sites for hydroxylation is 1. The van der Waals surface area contributed by atoms with Crippen molar-refractivity contribution in [2.24, 2.45) is 0 Å². The lowest BCUT2D eigenvalue weighted by Gasteiger charge is -2.29. The summed E-state index contributed by atoms with van der Waals surface area (Å²) < 4.78 is 0. The van der Waals surface area contributed by atoms with Crippen LogP contribution in [0.3, 0.4) is 0 Å². The molecule has 0 fully saturated rings. The molecule has 0 aliphatic heterocycles. The molecule has 1 aliphatic rings. The van der Waals surface area contributed by atoms with Gasteiger partial charge in [-0.05, 0) is 104 Å². The van der Waals surface area contributed by atoms with Gasteiger partial charge in [0.2, 0.25) is 0 Å².